The van der Waals surface area contributed by atoms with Gasteiger partial charge in [-0.15, -0.1) is 13.2 Å². The highest BCUT2D eigenvalue weighted by Gasteiger charge is 2.31. The average molecular weight is 295 g/mol. The van der Waals surface area contributed by atoms with E-state index in [9.17, 15) is 27.2 Å². The third kappa shape index (κ3) is 4.75. The number of nitrogens with one attached hydrogen (secondary N) is 1. The summed E-state index contributed by atoms with van der Waals surface area (Å²) >= 11 is 0. The van der Waals surface area contributed by atoms with Crippen molar-refractivity contribution >= 4 is 11.9 Å². The van der Waals surface area contributed by atoms with E-state index in [-0.39, 0.29) is 5.56 Å². The van der Waals surface area contributed by atoms with Gasteiger partial charge in [0.05, 0.1) is 0 Å². The molecule has 1 aromatic rings. The number of alkyl halides is 4. The second kappa shape index (κ2) is 6.22. The van der Waals surface area contributed by atoms with Crippen molar-refractivity contribution in [3.05, 3.63) is 29.8 Å². The minimum Gasteiger partial charge on any atom is -0.480 e. The molecule has 20 heavy (non-hydrogen) atoms. The maximum Gasteiger partial charge on any atom is 0.573 e. The van der Waals surface area contributed by atoms with Crippen LogP contribution in [0, 0.1) is 0 Å². The van der Waals surface area contributed by atoms with Crippen molar-refractivity contribution in [2.75, 3.05) is 6.67 Å². The SMILES string of the molecule is O=C(NC(CF)C(=O)O)c1ccc(OC(F)(F)F)cc1. The lowest BCUT2D eigenvalue weighted by Crippen LogP contribution is -2.42. The van der Waals surface area contributed by atoms with E-state index in [1.807, 2.05) is 5.32 Å². The molecule has 1 aromatic carbocycles. The van der Waals surface area contributed by atoms with Crippen LogP contribution in [0.2, 0.25) is 0 Å². The number of hydrogen-bond donors (Lipinski definition) is 2. The highest BCUT2D eigenvalue weighted by atomic mass is 19.4. The molecule has 1 atom stereocenters. The maximum absolute atomic E-state index is 12.3. The Hall–Kier alpha value is -2.32. The van der Waals surface area contributed by atoms with Gasteiger partial charge in [0, 0.05) is 5.56 Å². The molecule has 9 heteroatoms. The lowest BCUT2D eigenvalue weighted by atomic mass is 10.2. The van der Waals surface area contributed by atoms with Crippen LogP contribution in [-0.4, -0.2) is 36.1 Å². The van der Waals surface area contributed by atoms with Crippen LogP contribution in [0.25, 0.3) is 0 Å². The number of benzene rings is 1. The summed E-state index contributed by atoms with van der Waals surface area (Å²) in [5.41, 5.74) is -0.126. The minimum absolute atomic E-state index is 0.126. The zero-order chi connectivity index (χ0) is 15.3. The summed E-state index contributed by atoms with van der Waals surface area (Å²) in [7, 11) is 0. The number of carboxylic acids is 1. The van der Waals surface area contributed by atoms with E-state index in [0.29, 0.717) is 0 Å². The second-order valence-corrected chi connectivity index (χ2v) is 3.59. The number of carboxylic acid groups (broad SMARTS) is 1. The molecule has 1 rings (SSSR count). The third-order valence-corrected chi connectivity index (χ3v) is 2.11. The van der Waals surface area contributed by atoms with Crippen molar-refractivity contribution in [1.82, 2.24) is 5.32 Å². The molecule has 0 radical (unpaired) electrons. The van der Waals surface area contributed by atoms with Crippen LogP contribution in [0.1, 0.15) is 10.4 Å². The Labute approximate surface area is 110 Å². The predicted molar refractivity (Wildman–Crippen MR) is 58.0 cm³/mol. The van der Waals surface area contributed by atoms with Crippen LogP contribution >= 0.6 is 0 Å². The van der Waals surface area contributed by atoms with E-state index in [0.717, 1.165) is 24.3 Å². The highest BCUT2D eigenvalue weighted by molar-refractivity contribution is 5.96. The Morgan fingerprint density at radius 3 is 2.20 bits per heavy atom. The van der Waals surface area contributed by atoms with Crippen LogP contribution in [0.4, 0.5) is 17.6 Å². The molecule has 0 heterocycles. The fraction of sp³-hybridized carbons (Fsp3) is 0.273. The Morgan fingerprint density at radius 2 is 1.80 bits per heavy atom. The fourth-order valence-corrected chi connectivity index (χ4v) is 1.22. The number of hydrogen-bond acceptors (Lipinski definition) is 3. The molecule has 0 aliphatic rings. The van der Waals surface area contributed by atoms with Gasteiger partial charge in [-0.2, -0.15) is 0 Å². The zero-order valence-corrected chi connectivity index (χ0v) is 9.78. The molecule has 5 nitrogen and oxygen atoms in total. The summed E-state index contributed by atoms with van der Waals surface area (Å²) in [6.45, 7) is -1.31. The fourth-order valence-electron chi connectivity index (χ4n) is 1.22. The Kier molecular flexibility index (Phi) is 4.89. The minimum atomic E-state index is -4.85. The van der Waals surface area contributed by atoms with Gasteiger partial charge in [0.1, 0.15) is 12.4 Å². The number of amides is 1. The predicted octanol–water partition coefficient (Wildman–Crippen LogP) is 1.74. The molecule has 0 saturated carbocycles. The van der Waals surface area contributed by atoms with Gasteiger partial charge in [0.2, 0.25) is 0 Å². The summed E-state index contributed by atoms with van der Waals surface area (Å²) in [6, 6.07) is 2.04. The van der Waals surface area contributed by atoms with Crippen molar-refractivity contribution < 1.29 is 37.0 Å². The van der Waals surface area contributed by atoms with E-state index in [1.165, 1.54) is 0 Å². The normalized spacial score (nSPS) is 12.6. The molecule has 1 amide bonds. The van der Waals surface area contributed by atoms with Crippen LogP contribution in [0.15, 0.2) is 24.3 Å². The zero-order valence-electron chi connectivity index (χ0n) is 9.78. The molecule has 110 valence electrons. The highest BCUT2D eigenvalue weighted by Crippen LogP contribution is 2.22. The molecule has 0 spiro atoms. The van der Waals surface area contributed by atoms with Crippen molar-refractivity contribution in [3.63, 3.8) is 0 Å². The summed E-state index contributed by atoms with van der Waals surface area (Å²) < 4.78 is 51.6. The van der Waals surface area contributed by atoms with E-state index in [1.54, 1.807) is 0 Å². The molecule has 1 unspecified atom stereocenters. The first-order chi connectivity index (χ1) is 9.23. The number of ether oxygens (including phenoxy) is 1. The van der Waals surface area contributed by atoms with Crippen molar-refractivity contribution in [2.45, 2.75) is 12.4 Å². The number of carbonyl (C=O) groups excluding carboxylic acids is 1. The summed E-state index contributed by atoms with van der Waals surface area (Å²) in [5.74, 6) is -3.01. The molecular formula is C11H9F4NO4. The van der Waals surface area contributed by atoms with Crippen molar-refractivity contribution in [3.8, 4) is 5.75 Å². The Balaban J connectivity index is 2.73. The average Bonchev–Trinajstić information content (AvgIpc) is 2.34. The molecule has 2 N–H and O–H groups in total. The van der Waals surface area contributed by atoms with Gasteiger partial charge in [0.15, 0.2) is 6.04 Å². The summed E-state index contributed by atoms with van der Waals surface area (Å²) in [4.78, 5) is 22.0. The Morgan fingerprint density at radius 1 is 1.25 bits per heavy atom. The van der Waals surface area contributed by atoms with E-state index >= 15 is 0 Å². The molecule has 0 aromatic heterocycles. The first-order valence-corrected chi connectivity index (χ1v) is 5.18. The van der Waals surface area contributed by atoms with Gasteiger partial charge in [-0.1, -0.05) is 0 Å². The molecule has 0 fully saturated rings. The maximum atomic E-state index is 12.3. The van der Waals surface area contributed by atoms with Gasteiger partial charge in [-0.3, -0.25) is 4.79 Å². The first-order valence-electron chi connectivity index (χ1n) is 5.18. The lowest BCUT2D eigenvalue weighted by Gasteiger charge is -2.12. The van der Waals surface area contributed by atoms with Gasteiger partial charge in [-0.05, 0) is 24.3 Å². The van der Waals surface area contributed by atoms with Crippen LogP contribution < -0.4 is 10.1 Å². The lowest BCUT2D eigenvalue weighted by molar-refractivity contribution is -0.274. The van der Waals surface area contributed by atoms with Crippen LogP contribution in [0.5, 0.6) is 5.75 Å². The summed E-state index contributed by atoms with van der Waals surface area (Å²) in [6.07, 6.45) is -4.85. The van der Waals surface area contributed by atoms with Crippen molar-refractivity contribution in [1.29, 1.82) is 0 Å². The molecular weight excluding hydrogens is 286 g/mol. The Bertz CT molecular complexity index is 486. The van der Waals surface area contributed by atoms with E-state index < -0.39 is 36.7 Å². The number of aliphatic carboxylic acids is 1. The number of halogens is 4. The van der Waals surface area contributed by atoms with E-state index in [4.69, 9.17) is 5.11 Å². The molecule has 0 aliphatic heterocycles. The smallest absolute Gasteiger partial charge is 0.480 e. The topological polar surface area (TPSA) is 75.6 Å². The summed E-state index contributed by atoms with van der Waals surface area (Å²) in [5, 5.41) is 10.4. The van der Waals surface area contributed by atoms with Gasteiger partial charge < -0.3 is 15.2 Å². The quantitative estimate of drug-likeness (QED) is 0.811. The van der Waals surface area contributed by atoms with Gasteiger partial charge >= 0.3 is 12.3 Å². The first kappa shape index (κ1) is 15.7. The second-order valence-electron chi connectivity index (χ2n) is 3.59. The monoisotopic (exact) mass is 295 g/mol. The van der Waals surface area contributed by atoms with Gasteiger partial charge in [0.25, 0.3) is 5.91 Å². The van der Waals surface area contributed by atoms with Crippen molar-refractivity contribution in [2.24, 2.45) is 0 Å². The number of carbonyl (C=O) groups is 2. The van der Waals surface area contributed by atoms with E-state index in [2.05, 4.69) is 4.74 Å². The van der Waals surface area contributed by atoms with Gasteiger partial charge in [-0.25, -0.2) is 9.18 Å². The standard InChI is InChI=1S/C11H9F4NO4/c12-5-8(10(18)19)16-9(17)6-1-3-7(4-2-6)20-11(13,14)15/h1-4,8H,5H2,(H,16,17)(H,18,19). The van der Waals surface area contributed by atoms with Crippen LogP contribution in [0.3, 0.4) is 0 Å². The molecule has 0 bridgehead atoms. The third-order valence-electron chi connectivity index (χ3n) is 2.11. The van der Waals surface area contributed by atoms with Crippen LogP contribution in [-0.2, 0) is 4.79 Å². The largest absolute Gasteiger partial charge is 0.573 e. The molecule has 0 aliphatic carbocycles. The molecule has 0 saturated heterocycles. The number of rotatable bonds is 5.